The summed E-state index contributed by atoms with van der Waals surface area (Å²) >= 11 is 12.9. The second-order valence-corrected chi connectivity index (χ2v) is 11.8. The Kier molecular flexibility index (Phi) is 7.93. The predicted molar refractivity (Wildman–Crippen MR) is 164 cm³/mol. The average Bonchev–Trinajstić information content (AvgIpc) is 3.29. The number of aromatic nitrogens is 4. The van der Waals surface area contributed by atoms with Gasteiger partial charge in [0, 0.05) is 31.9 Å². The molecule has 0 aliphatic heterocycles. The third-order valence-electron chi connectivity index (χ3n) is 6.14. The Morgan fingerprint density at radius 3 is 2.17 bits per heavy atom. The van der Waals surface area contributed by atoms with Crippen LogP contribution in [0.2, 0.25) is 10.0 Å². The van der Waals surface area contributed by atoms with Gasteiger partial charge in [0.1, 0.15) is 16.9 Å². The molecule has 0 unspecified atom stereocenters. The van der Waals surface area contributed by atoms with Gasteiger partial charge in [-0.15, -0.1) is 5.10 Å². The standard InChI is InChI=1S/C27H24Cl2N8O4S/c1-36(2)25-22-24(37(35-25)23-19(28)13-18(14-20(23)29)42(30,40)41)33-21(34-26(22)38)12-15-8-10-17(11-9-15)32-27(39)31-16-6-4-3-5-7-16/h3-11,13-14H,12H2,1-2H3,(H2,30,40,41)(H2,31,32,39)(H,33,34,38). The van der Waals surface area contributed by atoms with E-state index < -0.39 is 15.6 Å². The number of rotatable bonds is 7. The lowest BCUT2D eigenvalue weighted by Crippen LogP contribution is -2.19. The molecule has 216 valence electrons. The highest BCUT2D eigenvalue weighted by Crippen LogP contribution is 2.34. The summed E-state index contributed by atoms with van der Waals surface area (Å²) in [4.78, 5) is 34.4. The lowest BCUT2D eigenvalue weighted by Gasteiger charge is -2.11. The van der Waals surface area contributed by atoms with Crippen molar-refractivity contribution in [2.75, 3.05) is 29.6 Å². The van der Waals surface area contributed by atoms with E-state index in [1.807, 2.05) is 18.2 Å². The van der Waals surface area contributed by atoms with Gasteiger partial charge in [-0.25, -0.2) is 28.0 Å². The first-order chi connectivity index (χ1) is 19.9. The molecule has 0 saturated carbocycles. The van der Waals surface area contributed by atoms with Crippen LogP contribution in [0.4, 0.5) is 22.0 Å². The number of H-pyrrole nitrogens is 1. The molecule has 0 spiro atoms. The van der Waals surface area contributed by atoms with Crippen molar-refractivity contribution in [1.29, 1.82) is 0 Å². The first-order valence-corrected chi connectivity index (χ1v) is 14.6. The smallest absolute Gasteiger partial charge is 0.323 e. The molecule has 0 atom stereocenters. The monoisotopic (exact) mass is 626 g/mol. The summed E-state index contributed by atoms with van der Waals surface area (Å²) in [5.41, 5.74) is 1.91. The average molecular weight is 628 g/mol. The van der Waals surface area contributed by atoms with Crippen molar-refractivity contribution in [3.63, 3.8) is 0 Å². The zero-order valence-corrected chi connectivity index (χ0v) is 24.5. The van der Waals surface area contributed by atoms with Gasteiger partial charge in [-0.3, -0.25) is 4.79 Å². The number of benzene rings is 3. The van der Waals surface area contributed by atoms with E-state index in [1.165, 1.54) is 4.68 Å². The quantitative estimate of drug-likeness (QED) is 0.208. The molecule has 2 heterocycles. The maximum atomic E-state index is 13.2. The van der Waals surface area contributed by atoms with Crippen molar-refractivity contribution in [2.45, 2.75) is 11.3 Å². The van der Waals surface area contributed by atoms with Crippen LogP contribution in [0, 0.1) is 0 Å². The van der Waals surface area contributed by atoms with E-state index in [2.05, 4.69) is 25.7 Å². The highest BCUT2D eigenvalue weighted by atomic mass is 35.5. The largest absolute Gasteiger partial charge is 0.361 e. The minimum Gasteiger partial charge on any atom is -0.361 e. The van der Waals surface area contributed by atoms with Gasteiger partial charge >= 0.3 is 6.03 Å². The molecule has 12 nitrogen and oxygen atoms in total. The van der Waals surface area contributed by atoms with Gasteiger partial charge in [0.05, 0.1) is 14.9 Å². The van der Waals surface area contributed by atoms with Crippen LogP contribution < -0.4 is 26.2 Å². The minimum atomic E-state index is -4.07. The molecular formula is C27H24Cl2N8O4S. The Bertz CT molecular complexity index is 1950. The molecule has 42 heavy (non-hydrogen) atoms. The molecule has 0 radical (unpaired) electrons. The second kappa shape index (κ2) is 11.4. The molecule has 5 aromatic rings. The molecule has 2 aromatic heterocycles. The molecule has 0 aliphatic rings. The highest BCUT2D eigenvalue weighted by Gasteiger charge is 2.24. The summed E-state index contributed by atoms with van der Waals surface area (Å²) < 4.78 is 25.0. The third-order valence-corrected chi connectivity index (χ3v) is 7.61. The number of sulfonamides is 1. The number of urea groups is 1. The van der Waals surface area contributed by atoms with Gasteiger partial charge < -0.3 is 20.5 Å². The number of halogens is 2. The van der Waals surface area contributed by atoms with Gasteiger partial charge in [0.15, 0.2) is 11.5 Å². The van der Waals surface area contributed by atoms with Crippen LogP contribution in [-0.2, 0) is 16.4 Å². The fraction of sp³-hybridized carbons (Fsp3) is 0.111. The van der Waals surface area contributed by atoms with Crippen LogP contribution >= 0.6 is 23.2 Å². The molecule has 2 amide bonds. The van der Waals surface area contributed by atoms with E-state index in [0.29, 0.717) is 23.0 Å². The Labute approximate surface area is 250 Å². The molecule has 0 fully saturated rings. The SMILES string of the molecule is CN(C)c1nn(-c2c(Cl)cc(S(N)(=O)=O)cc2Cl)c2nc(Cc3ccc(NC(=O)Nc4ccccc4)cc3)[nH]c(=O)c12. The number of nitrogens with one attached hydrogen (secondary N) is 3. The van der Waals surface area contributed by atoms with Gasteiger partial charge in [0.25, 0.3) is 5.56 Å². The number of hydrogen-bond acceptors (Lipinski definition) is 7. The molecule has 5 N–H and O–H groups in total. The topological polar surface area (TPSA) is 168 Å². The van der Waals surface area contributed by atoms with E-state index >= 15 is 0 Å². The van der Waals surface area contributed by atoms with Gasteiger partial charge in [0.2, 0.25) is 10.0 Å². The first kappa shape index (κ1) is 29.1. The molecule has 5 rings (SSSR count). The Balaban J connectivity index is 1.47. The highest BCUT2D eigenvalue weighted by molar-refractivity contribution is 7.89. The Hall–Kier alpha value is -4.43. The van der Waals surface area contributed by atoms with Crippen LogP contribution in [0.1, 0.15) is 11.4 Å². The van der Waals surface area contributed by atoms with Crippen LogP contribution in [0.5, 0.6) is 0 Å². The number of nitrogens with two attached hydrogens (primary N) is 1. The van der Waals surface area contributed by atoms with Gasteiger partial charge in [-0.2, -0.15) is 0 Å². The summed E-state index contributed by atoms with van der Waals surface area (Å²) in [7, 11) is -0.652. The summed E-state index contributed by atoms with van der Waals surface area (Å²) in [5.74, 6) is 0.632. The first-order valence-electron chi connectivity index (χ1n) is 12.3. The number of carbonyl (C=O) groups excluding carboxylic acids is 1. The lowest BCUT2D eigenvalue weighted by molar-refractivity contribution is 0.262. The number of para-hydroxylation sites is 1. The molecule has 0 saturated heterocycles. The van der Waals surface area contributed by atoms with E-state index in [9.17, 15) is 18.0 Å². The van der Waals surface area contributed by atoms with Crippen molar-refractivity contribution in [3.05, 3.63) is 98.5 Å². The maximum absolute atomic E-state index is 13.2. The molecule has 3 aromatic carbocycles. The summed E-state index contributed by atoms with van der Waals surface area (Å²) in [6, 6.07) is 18.0. The number of anilines is 3. The van der Waals surface area contributed by atoms with E-state index in [0.717, 1.165) is 17.7 Å². The van der Waals surface area contributed by atoms with E-state index in [1.54, 1.807) is 55.4 Å². The molecular weight excluding hydrogens is 603 g/mol. The minimum absolute atomic E-state index is 0.0516. The number of aromatic amines is 1. The van der Waals surface area contributed by atoms with Crippen LogP contribution in [-0.4, -0.2) is 48.3 Å². The van der Waals surface area contributed by atoms with Crippen LogP contribution in [0.3, 0.4) is 0 Å². The fourth-order valence-electron chi connectivity index (χ4n) is 4.23. The number of hydrogen-bond donors (Lipinski definition) is 4. The Morgan fingerprint density at radius 1 is 1.00 bits per heavy atom. The zero-order valence-electron chi connectivity index (χ0n) is 22.2. The van der Waals surface area contributed by atoms with Gasteiger partial charge in [-0.1, -0.05) is 53.5 Å². The zero-order chi connectivity index (χ0) is 30.2. The predicted octanol–water partition coefficient (Wildman–Crippen LogP) is 4.36. The maximum Gasteiger partial charge on any atom is 0.323 e. The van der Waals surface area contributed by atoms with Crippen molar-refractivity contribution < 1.29 is 13.2 Å². The number of fused-ring (bicyclic) bond motifs is 1. The Morgan fingerprint density at radius 2 is 1.60 bits per heavy atom. The van der Waals surface area contributed by atoms with Gasteiger partial charge in [-0.05, 0) is 42.0 Å². The fourth-order valence-corrected chi connectivity index (χ4v) is 5.57. The van der Waals surface area contributed by atoms with E-state index in [4.69, 9.17) is 28.3 Å². The van der Waals surface area contributed by atoms with E-state index in [-0.39, 0.29) is 44.1 Å². The van der Waals surface area contributed by atoms with Crippen molar-refractivity contribution in [2.24, 2.45) is 5.14 Å². The van der Waals surface area contributed by atoms with Crippen LogP contribution in [0.25, 0.3) is 16.7 Å². The normalized spacial score (nSPS) is 11.5. The number of amides is 2. The number of nitrogens with zero attached hydrogens (tertiary/aromatic N) is 4. The summed E-state index contributed by atoms with van der Waals surface area (Å²) in [5, 5.41) is 15.4. The molecule has 0 aliphatic carbocycles. The lowest BCUT2D eigenvalue weighted by atomic mass is 10.1. The van der Waals surface area contributed by atoms with Crippen molar-refractivity contribution >= 4 is 67.5 Å². The summed E-state index contributed by atoms with van der Waals surface area (Å²) in [6.45, 7) is 0. The second-order valence-electron chi connectivity index (χ2n) is 9.44. The number of primary sulfonamides is 1. The number of carbonyl (C=O) groups is 1. The summed E-state index contributed by atoms with van der Waals surface area (Å²) in [6.07, 6.45) is 0.246. The van der Waals surface area contributed by atoms with Crippen LogP contribution in [0.15, 0.2) is 76.4 Å². The van der Waals surface area contributed by atoms with Crippen molar-refractivity contribution in [3.8, 4) is 5.69 Å². The third kappa shape index (κ3) is 6.09. The van der Waals surface area contributed by atoms with Crippen molar-refractivity contribution in [1.82, 2.24) is 19.7 Å². The molecule has 0 bridgehead atoms. The molecule has 15 heteroatoms.